The fourth-order valence-electron chi connectivity index (χ4n) is 7.52. The summed E-state index contributed by atoms with van der Waals surface area (Å²) in [5, 5.41) is 0. The van der Waals surface area contributed by atoms with Gasteiger partial charge in [-0.05, 0) is 90.9 Å². The Labute approximate surface area is 159 Å². The van der Waals surface area contributed by atoms with Gasteiger partial charge in [-0.3, -0.25) is 4.79 Å². The largest absolute Gasteiger partial charge is 0.466 e. The Balaban J connectivity index is 1.57. The summed E-state index contributed by atoms with van der Waals surface area (Å²) in [5.41, 5.74) is 2.46. The molecule has 4 aliphatic carbocycles. The molecule has 0 radical (unpaired) electrons. The molecular weight excluding hydrogens is 320 g/mol. The molecule has 1 unspecified atom stereocenters. The summed E-state index contributed by atoms with van der Waals surface area (Å²) >= 11 is 0. The highest BCUT2D eigenvalue weighted by atomic mass is 16.5. The quantitative estimate of drug-likeness (QED) is 0.586. The summed E-state index contributed by atoms with van der Waals surface area (Å²) in [6.07, 6.45) is 17.0. The molecule has 0 heterocycles. The van der Waals surface area contributed by atoms with Crippen molar-refractivity contribution in [1.29, 1.82) is 0 Å². The summed E-state index contributed by atoms with van der Waals surface area (Å²) in [4.78, 5) is 11.2. The van der Waals surface area contributed by atoms with Gasteiger partial charge < -0.3 is 4.74 Å². The second-order valence-corrected chi connectivity index (χ2v) is 10.1. The molecule has 4 rings (SSSR count). The Kier molecular flexibility index (Phi) is 4.60. The van der Waals surface area contributed by atoms with Gasteiger partial charge in [0.15, 0.2) is 0 Å². The average molecular weight is 357 g/mol. The molecule has 7 atom stereocenters. The van der Waals surface area contributed by atoms with E-state index in [2.05, 4.69) is 39.0 Å². The number of hydrogen-bond acceptors (Lipinski definition) is 2. The van der Waals surface area contributed by atoms with Crippen molar-refractivity contribution in [3.8, 4) is 0 Å². The van der Waals surface area contributed by atoms with E-state index >= 15 is 0 Å². The molecule has 0 spiro atoms. The van der Waals surface area contributed by atoms with Crippen molar-refractivity contribution in [2.24, 2.45) is 40.4 Å². The van der Waals surface area contributed by atoms with Gasteiger partial charge in [0.2, 0.25) is 0 Å². The molecule has 2 heteroatoms. The van der Waals surface area contributed by atoms with Gasteiger partial charge in [-0.1, -0.05) is 39.0 Å². The zero-order valence-electron chi connectivity index (χ0n) is 17.1. The minimum atomic E-state index is -0.139. The van der Waals surface area contributed by atoms with E-state index < -0.39 is 0 Å². The average Bonchev–Trinajstić information content (AvgIpc) is 2.96. The van der Waals surface area contributed by atoms with Crippen LogP contribution in [0.1, 0.15) is 72.6 Å². The van der Waals surface area contributed by atoms with Crippen molar-refractivity contribution in [3.05, 3.63) is 23.8 Å². The third kappa shape index (κ3) is 2.70. The van der Waals surface area contributed by atoms with E-state index in [0.717, 1.165) is 17.8 Å². The lowest BCUT2D eigenvalue weighted by atomic mass is 9.48. The Morgan fingerprint density at radius 3 is 2.81 bits per heavy atom. The van der Waals surface area contributed by atoms with Crippen molar-refractivity contribution in [1.82, 2.24) is 0 Å². The molecule has 26 heavy (non-hydrogen) atoms. The van der Waals surface area contributed by atoms with Crippen LogP contribution in [-0.2, 0) is 9.53 Å². The molecule has 4 aliphatic rings. The van der Waals surface area contributed by atoms with E-state index in [1.165, 1.54) is 51.9 Å². The maximum atomic E-state index is 11.2. The molecule has 0 bridgehead atoms. The predicted octanol–water partition coefficient (Wildman–Crippen LogP) is 5.93. The first-order chi connectivity index (χ1) is 12.4. The zero-order valence-corrected chi connectivity index (χ0v) is 17.1. The molecule has 0 aromatic carbocycles. The summed E-state index contributed by atoms with van der Waals surface area (Å²) in [6, 6.07) is 0. The van der Waals surface area contributed by atoms with Crippen LogP contribution in [0.2, 0.25) is 0 Å². The van der Waals surface area contributed by atoms with Gasteiger partial charge in [0.05, 0.1) is 6.61 Å². The van der Waals surface area contributed by atoms with Gasteiger partial charge in [0.1, 0.15) is 0 Å². The van der Waals surface area contributed by atoms with Crippen LogP contribution in [0.15, 0.2) is 23.8 Å². The summed E-state index contributed by atoms with van der Waals surface area (Å²) in [6.45, 7) is 9.53. The molecule has 2 fully saturated rings. The summed E-state index contributed by atoms with van der Waals surface area (Å²) in [5.74, 6) is 3.42. The smallest absolute Gasteiger partial charge is 0.302 e. The molecule has 144 valence electrons. The van der Waals surface area contributed by atoms with Gasteiger partial charge in [0.25, 0.3) is 0 Å². The fourth-order valence-corrected chi connectivity index (χ4v) is 7.52. The summed E-state index contributed by atoms with van der Waals surface area (Å²) < 4.78 is 5.37. The lowest BCUT2D eigenvalue weighted by Gasteiger charge is -2.56. The Bertz CT molecular complexity index is 632. The van der Waals surface area contributed by atoms with Crippen LogP contribution < -0.4 is 0 Å². The molecule has 2 saturated carbocycles. The van der Waals surface area contributed by atoms with Crippen LogP contribution in [0.4, 0.5) is 0 Å². The van der Waals surface area contributed by atoms with Crippen LogP contribution >= 0.6 is 0 Å². The number of carbonyl (C=O) groups is 1. The van der Waals surface area contributed by atoms with E-state index in [1.807, 2.05) is 0 Å². The number of ether oxygens (including phenoxy) is 1. The number of hydrogen-bond donors (Lipinski definition) is 0. The highest BCUT2D eigenvalue weighted by molar-refractivity contribution is 5.65. The molecular formula is C24H36O2. The second kappa shape index (κ2) is 6.53. The minimum Gasteiger partial charge on any atom is -0.466 e. The minimum absolute atomic E-state index is 0.139. The van der Waals surface area contributed by atoms with Crippen LogP contribution in [0.5, 0.6) is 0 Å². The summed E-state index contributed by atoms with van der Waals surface area (Å²) in [7, 11) is 0. The molecule has 0 amide bonds. The molecule has 0 aromatic heterocycles. The highest BCUT2D eigenvalue weighted by Gasteiger charge is 2.58. The van der Waals surface area contributed by atoms with Crippen molar-refractivity contribution >= 4 is 5.97 Å². The van der Waals surface area contributed by atoms with Gasteiger partial charge in [-0.15, -0.1) is 0 Å². The SMILES string of the molecule is CC(=O)OCC(C)[C@H]1CC[C@H]2[C@@H]3C=CC4=CCCC[C@]4(C)[C@H]3CC[C@]12C. The Morgan fingerprint density at radius 2 is 2.04 bits per heavy atom. The van der Waals surface area contributed by atoms with E-state index in [4.69, 9.17) is 4.74 Å². The van der Waals surface area contributed by atoms with Gasteiger partial charge in [-0.25, -0.2) is 0 Å². The first kappa shape index (κ1) is 18.3. The topological polar surface area (TPSA) is 26.3 Å². The van der Waals surface area contributed by atoms with Crippen molar-refractivity contribution in [3.63, 3.8) is 0 Å². The maximum absolute atomic E-state index is 11.2. The van der Waals surface area contributed by atoms with E-state index in [1.54, 1.807) is 5.57 Å². The van der Waals surface area contributed by atoms with Crippen LogP contribution in [-0.4, -0.2) is 12.6 Å². The number of rotatable bonds is 3. The zero-order chi connectivity index (χ0) is 18.5. The number of allylic oxidation sites excluding steroid dienone is 4. The third-order valence-corrected chi connectivity index (χ3v) is 8.88. The molecule has 0 N–H and O–H groups in total. The van der Waals surface area contributed by atoms with E-state index in [9.17, 15) is 4.79 Å². The third-order valence-electron chi connectivity index (χ3n) is 8.88. The first-order valence-corrected chi connectivity index (χ1v) is 10.9. The number of fused-ring (bicyclic) bond motifs is 5. The van der Waals surface area contributed by atoms with Gasteiger partial charge in [0, 0.05) is 6.92 Å². The van der Waals surface area contributed by atoms with Gasteiger partial charge >= 0.3 is 5.97 Å². The van der Waals surface area contributed by atoms with E-state index in [0.29, 0.717) is 29.3 Å². The Hall–Kier alpha value is -1.05. The second-order valence-electron chi connectivity index (χ2n) is 10.1. The molecule has 0 aliphatic heterocycles. The molecule has 0 aromatic rings. The van der Waals surface area contributed by atoms with Crippen molar-refractivity contribution in [2.75, 3.05) is 6.61 Å². The lowest BCUT2D eigenvalue weighted by Crippen LogP contribution is -2.49. The molecule has 2 nitrogen and oxygen atoms in total. The van der Waals surface area contributed by atoms with Gasteiger partial charge in [-0.2, -0.15) is 0 Å². The first-order valence-electron chi connectivity index (χ1n) is 10.9. The standard InChI is InChI=1S/C24H36O2/c1-16(15-26-17(2)25)20-10-11-21-19-9-8-18-7-5-6-13-23(18,3)22(19)12-14-24(20,21)4/h7-9,16,19-22H,5-6,10-15H2,1-4H3/t16?,19-,20+,21-,22-,23-,24+/m0/s1. The predicted molar refractivity (Wildman–Crippen MR) is 106 cm³/mol. The lowest BCUT2D eigenvalue weighted by molar-refractivity contribution is -0.143. The number of esters is 1. The van der Waals surface area contributed by atoms with Crippen molar-refractivity contribution in [2.45, 2.75) is 72.6 Å². The van der Waals surface area contributed by atoms with Crippen LogP contribution in [0.25, 0.3) is 0 Å². The highest BCUT2D eigenvalue weighted by Crippen LogP contribution is 2.66. The number of carbonyl (C=O) groups excluding carboxylic acids is 1. The molecule has 0 saturated heterocycles. The monoisotopic (exact) mass is 356 g/mol. The maximum Gasteiger partial charge on any atom is 0.302 e. The van der Waals surface area contributed by atoms with Crippen molar-refractivity contribution < 1.29 is 9.53 Å². The fraction of sp³-hybridized carbons (Fsp3) is 0.792. The Morgan fingerprint density at radius 1 is 1.23 bits per heavy atom. The van der Waals surface area contributed by atoms with E-state index in [-0.39, 0.29) is 5.97 Å². The van der Waals surface area contributed by atoms with Crippen LogP contribution in [0, 0.1) is 40.4 Å². The normalized spacial score (nSPS) is 45.2. The van der Waals surface area contributed by atoms with Crippen LogP contribution in [0.3, 0.4) is 0 Å².